The molecule has 2 rings (SSSR count). The van der Waals surface area contributed by atoms with Crippen molar-refractivity contribution in [3.8, 4) is 0 Å². The van der Waals surface area contributed by atoms with E-state index >= 15 is 0 Å². The topological polar surface area (TPSA) is 55.6 Å². The minimum Gasteiger partial charge on any atom is -0.391 e. The molecule has 7 heteroatoms. The molecule has 1 saturated heterocycles. The number of hydrogen-bond donors (Lipinski definition) is 1. The Balaban J connectivity index is 2.14. The third kappa shape index (κ3) is 2.66. The van der Waals surface area contributed by atoms with Gasteiger partial charge in [0.15, 0.2) is 0 Å². The van der Waals surface area contributed by atoms with Crippen LogP contribution in [0.2, 0.25) is 5.02 Å². The average molecular weight is 305 g/mol. The molecule has 1 amide bonds. The van der Waals surface area contributed by atoms with Gasteiger partial charge in [0.25, 0.3) is 5.91 Å². The largest absolute Gasteiger partial charge is 0.391 e. The fraction of sp³-hybridized carbons (Fsp3) is 0.455. The number of rotatable bonds is 2. The standard InChI is InChI=1S/C11H13ClN2O2S2/c1-6-5-18-9(8(6)12)11(15)14-2-3-16-7(4-14)10(13)17/h5,7H,2-4H2,1H3,(H2,13,17). The number of nitrogens with two attached hydrogens (primary N) is 1. The van der Waals surface area contributed by atoms with Crippen LogP contribution in [0.3, 0.4) is 0 Å². The number of carbonyl (C=O) groups is 1. The van der Waals surface area contributed by atoms with Crippen molar-refractivity contribution in [1.82, 2.24) is 4.90 Å². The molecular formula is C11H13ClN2O2S2. The second-order valence-corrected chi connectivity index (χ2v) is 5.80. The maximum atomic E-state index is 12.3. The number of morpholine rings is 1. The minimum atomic E-state index is -0.363. The Morgan fingerprint density at radius 3 is 3.00 bits per heavy atom. The normalized spacial score (nSPS) is 19.9. The van der Waals surface area contributed by atoms with Gasteiger partial charge in [0.05, 0.1) is 18.2 Å². The number of nitrogens with zero attached hydrogens (tertiary/aromatic N) is 1. The van der Waals surface area contributed by atoms with E-state index in [9.17, 15) is 4.79 Å². The first-order valence-corrected chi connectivity index (χ1v) is 7.11. The van der Waals surface area contributed by atoms with Crippen LogP contribution in [0.4, 0.5) is 0 Å². The van der Waals surface area contributed by atoms with Crippen molar-refractivity contribution in [3.05, 3.63) is 20.8 Å². The Kier molecular flexibility index (Phi) is 4.21. The predicted molar refractivity (Wildman–Crippen MR) is 76.5 cm³/mol. The number of aryl methyl sites for hydroxylation is 1. The number of carbonyl (C=O) groups excluding carboxylic acids is 1. The summed E-state index contributed by atoms with van der Waals surface area (Å²) in [4.78, 5) is 14.8. The van der Waals surface area contributed by atoms with E-state index in [4.69, 9.17) is 34.3 Å². The van der Waals surface area contributed by atoms with Gasteiger partial charge in [-0.15, -0.1) is 11.3 Å². The van der Waals surface area contributed by atoms with Crippen LogP contribution in [0.5, 0.6) is 0 Å². The number of hydrogen-bond acceptors (Lipinski definition) is 4. The van der Waals surface area contributed by atoms with Gasteiger partial charge in [-0.3, -0.25) is 4.79 Å². The zero-order valence-corrected chi connectivity index (χ0v) is 12.2. The Morgan fingerprint density at radius 1 is 1.72 bits per heavy atom. The lowest BCUT2D eigenvalue weighted by Crippen LogP contribution is -2.49. The summed E-state index contributed by atoms with van der Waals surface area (Å²) >= 11 is 12.4. The molecule has 0 aromatic carbocycles. The molecule has 1 aliphatic rings. The molecule has 18 heavy (non-hydrogen) atoms. The van der Waals surface area contributed by atoms with Gasteiger partial charge in [0.1, 0.15) is 16.0 Å². The van der Waals surface area contributed by atoms with Crippen molar-refractivity contribution in [1.29, 1.82) is 0 Å². The molecule has 0 bridgehead atoms. The highest BCUT2D eigenvalue weighted by molar-refractivity contribution is 7.80. The van der Waals surface area contributed by atoms with Crippen molar-refractivity contribution in [3.63, 3.8) is 0 Å². The van der Waals surface area contributed by atoms with E-state index in [0.29, 0.717) is 29.6 Å². The molecule has 1 aromatic rings. The predicted octanol–water partition coefficient (Wildman–Crippen LogP) is 1.84. The first-order valence-electron chi connectivity index (χ1n) is 5.44. The molecule has 1 aliphatic heterocycles. The van der Waals surface area contributed by atoms with Crippen LogP contribution in [0.25, 0.3) is 0 Å². The lowest BCUT2D eigenvalue weighted by atomic mass is 10.2. The Hall–Kier alpha value is -0.690. The molecule has 0 radical (unpaired) electrons. The van der Waals surface area contributed by atoms with Crippen molar-refractivity contribution in [2.45, 2.75) is 13.0 Å². The summed E-state index contributed by atoms with van der Waals surface area (Å²) < 4.78 is 5.40. The molecule has 4 nitrogen and oxygen atoms in total. The number of thiophene rings is 1. The third-order valence-electron chi connectivity index (χ3n) is 2.76. The molecule has 2 N–H and O–H groups in total. The van der Waals surface area contributed by atoms with Gasteiger partial charge in [-0.2, -0.15) is 0 Å². The van der Waals surface area contributed by atoms with E-state index in [1.54, 1.807) is 4.90 Å². The zero-order valence-electron chi connectivity index (χ0n) is 9.81. The Labute approximate surface area is 120 Å². The third-order valence-corrected chi connectivity index (χ3v) is 4.71. The highest BCUT2D eigenvalue weighted by atomic mass is 35.5. The van der Waals surface area contributed by atoms with Gasteiger partial charge in [-0.25, -0.2) is 0 Å². The maximum absolute atomic E-state index is 12.3. The van der Waals surface area contributed by atoms with Crippen molar-refractivity contribution in [2.75, 3.05) is 19.7 Å². The Morgan fingerprint density at radius 2 is 2.44 bits per heavy atom. The number of thiocarbonyl (C=S) groups is 1. The fourth-order valence-electron chi connectivity index (χ4n) is 1.72. The SMILES string of the molecule is Cc1csc(C(=O)N2CCOC(C(N)=S)C2)c1Cl. The quantitative estimate of drug-likeness (QED) is 0.847. The summed E-state index contributed by atoms with van der Waals surface area (Å²) in [6, 6.07) is 0. The summed E-state index contributed by atoms with van der Waals surface area (Å²) in [5, 5.41) is 2.41. The van der Waals surface area contributed by atoms with Gasteiger partial charge in [0, 0.05) is 6.54 Å². The van der Waals surface area contributed by atoms with Crippen LogP contribution in [-0.4, -0.2) is 41.6 Å². The molecule has 1 fully saturated rings. The fourth-order valence-corrected chi connectivity index (χ4v) is 3.11. The van der Waals surface area contributed by atoms with Gasteiger partial charge in [-0.05, 0) is 17.9 Å². The van der Waals surface area contributed by atoms with Gasteiger partial charge < -0.3 is 15.4 Å². The number of halogens is 1. The Bertz CT molecular complexity index is 489. The molecule has 1 atom stereocenters. The maximum Gasteiger partial charge on any atom is 0.265 e. The van der Waals surface area contributed by atoms with Crippen molar-refractivity contribution >= 4 is 46.1 Å². The van der Waals surface area contributed by atoms with E-state index in [1.165, 1.54) is 11.3 Å². The molecule has 0 aliphatic carbocycles. The molecule has 2 heterocycles. The molecule has 1 aromatic heterocycles. The number of amides is 1. The lowest BCUT2D eigenvalue weighted by Gasteiger charge is -2.32. The van der Waals surface area contributed by atoms with E-state index < -0.39 is 0 Å². The summed E-state index contributed by atoms with van der Waals surface area (Å²) in [7, 11) is 0. The molecule has 0 saturated carbocycles. The first-order chi connectivity index (χ1) is 8.50. The zero-order chi connectivity index (χ0) is 13.3. The monoisotopic (exact) mass is 304 g/mol. The summed E-state index contributed by atoms with van der Waals surface area (Å²) in [6.45, 7) is 3.25. The van der Waals surface area contributed by atoms with Gasteiger partial charge >= 0.3 is 0 Å². The van der Waals surface area contributed by atoms with E-state index in [1.807, 2.05) is 12.3 Å². The highest BCUT2D eigenvalue weighted by Crippen LogP contribution is 2.28. The van der Waals surface area contributed by atoms with Crippen molar-refractivity contribution in [2.24, 2.45) is 5.73 Å². The summed E-state index contributed by atoms with van der Waals surface area (Å²) in [6.07, 6.45) is -0.363. The molecular weight excluding hydrogens is 292 g/mol. The van der Waals surface area contributed by atoms with Gasteiger partial charge in [0.2, 0.25) is 0 Å². The smallest absolute Gasteiger partial charge is 0.265 e. The number of ether oxygens (including phenoxy) is 1. The minimum absolute atomic E-state index is 0.0809. The van der Waals surface area contributed by atoms with Crippen LogP contribution < -0.4 is 5.73 Å². The van der Waals surface area contributed by atoms with Crippen LogP contribution >= 0.6 is 35.2 Å². The van der Waals surface area contributed by atoms with Crippen molar-refractivity contribution < 1.29 is 9.53 Å². The summed E-state index contributed by atoms with van der Waals surface area (Å²) in [5.74, 6) is -0.0809. The van der Waals surface area contributed by atoms with E-state index in [0.717, 1.165) is 5.56 Å². The second kappa shape index (κ2) is 5.52. The summed E-state index contributed by atoms with van der Waals surface area (Å²) in [5.41, 5.74) is 6.47. The van der Waals surface area contributed by atoms with Crippen LogP contribution in [-0.2, 0) is 4.74 Å². The van der Waals surface area contributed by atoms with Gasteiger partial charge in [-0.1, -0.05) is 23.8 Å². The van der Waals surface area contributed by atoms with Crippen LogP contribution in [0.1, 0.15) is 15.2 Å². The lowest BCUT2D eigenvalue weighted by molar-refractivity contribution is 0.00903. The van der Waals surface area contributed by atoms with Crippen LogP contribution in [0.15, 0.2) is 5.38 Å². The molecule has 0 spiro atoms. The second-order valence-electron chi connectivity index (χ2n) is 4.07. The first kappa shape index (κ1) is 13.7. The average Bonchev–Trinajstić information content (AvgIpc) is 2.69. The molecule has 1 unspecified atom stereocenters. The van der Waals surface area contributed by atoms with E-state index in [2.05, 4.69) is 0 Å². The van der Waals surface area contributed by atoms with E-state index in [-0.39, 0.29) is 17.0 Å². The molecule has 98 valence electrons. The highest BCUT2D eigenvalue weighted by Gasteiger charge is 2.28. The van der Waals surface area contributed by atoms with Crippen LogP contribution in [0, 0.1) is 6.92 Å².